The number of aliphatic hydroxyl groups is 1. The number of nitrogens with one attached hydrogen (secondary N) is 1. The summed E-state index contributed by atoms with van der Waals surface area (Å²) in [5.74, 6) is -1.81. The predicted molar refractivity (Wildman–Crippen MR) is 50.5 cm³/mol. The third kappa shape index (κ3) is 5.50. The van der Waals surface area contributed by atoms with E-state index in [4.69, 9.17) is 10.2 Å². The van der Waals surface area contributed by atoms with Crippen LogP contribution in [0.25, 0.3) is 0 Å². The lowest BCUT2D eigenvalue weighted by atomic mass is 10.4. The van der Waals surface area contributed by atoms with Crippen molar-refractivity contribution in [2.24, 2.45) is 0 Å². The molecule has 0 fully saturated rings. The van der Waals surface area contributed by atoms with Crippen LogP contribution in [0, 0.1) is 0 Å². The number of aliphatic carboxylic acids is 1. The molecule has 0 aromatic heterocycles. The highest BCUT2D eigenvalue weighted by molar-refractivity contribution is 7.44. The number of carbonyl (C=O) groups is 2. The summed E-state index contributed by atoms with van der Waals surface area (Å²) in [5, 5.41) is 19.1. The van der Waals surface area contributed by atoms with Gasteiger partial charge in [-0.15, -0.1) is 0 Å². The minimum atomic E-state index is -2.18. The van der Waals surface area contributed by atoms with Gasteiger partial charge in [-0.1, -0.05) is 0 Å². The Labute approximate surface area is 81.4 Å². The Morgan fingerprint density at radius 1 is 1.50 bits per heavy atom. The lowest BCUT2D eigenvalue weighted by Gasteiger charge is -2.01. The van der Waals surface area contributed by atoms with E-state index in [0.717, 1.165) is 6.08 Å². The molecule has 0 aliphatic rings. The molecule has 1 atom stereocenters. The molecule has 0 bridgehead atoms. The molecular formula is C7H12NO5P. The highest BCUT2D eigenvalue weighted by Gasteiger charge is 2.08. The van der Waals surface area contributed by atoms with E-state index in [1.165, 1.54) is 6.92 Å². The maximum Gasteiger partial charge on any atom is 0.352 e. The van der Waals surface area contributed by atoms with Gasteiger partial charge >= 0.3 is 5.97 Å². The van der Waals surface area contributed by atoms with E-state index in [2.05, 4.69) is 5.32 Å². The molecule has 0 saturated heterocycles. The van der Waals surface area contributed by atoms with Crippen LogP contribution in [0.2, 0.25) is 0 Å². The van der Waals surface area contributed by atoms with Crippen LogP contribution in [-0.4, -0.2) is 34.6 Å². The maximum absolute atomic E-state index is 10.8. The number of amides is 1. The summed E-state index contributed by atoms with van der Waals surface area (Å²) in [6.45, 7) is 1.17. The number of carboxylic acids is 1. The number of hydrogen-bond acceptors (Lipinski definition) is 4. The minimum Gasteiger partial charge on any atom is -0.477 e. The van der Waals surface area contributed by atoms with Gasteiger partial charge in [-0.2, -0.15) is 0 Å². The van der Waals surface area contributed by atoms with Crippen molar-refractivity contribution in [2.75, 3.05) is 12.5 Å². The fraction of sp³-hybridized carbons (Fsp3) is 0.429. The van der Waals surface area contributed by atoms with Crippen molar-refractivity contribution in [3.05, 3.63) is 11.8 Å². The number of carbonyl (C=O) groups excluding carboxylic acids is 1. The number of aliphatic hydroxyl groups excluding tert-OH is 1. The summed E-state index contributed by atoms with van der Waals surface area (Å²) in [6.07, 6.45) is 0.623. The van der Waals surface area contributed by atoms with Crippen molar-refractivity contribution in [3.8, 4) is 0 Å². The molecule has 0 aromatic carbocycles. The Balaban J connectivity index is 4.41. The van der Waals surface area contributed by atoms with Crippen molar-refractivity contribution in [2.45, 2.75) is 6.92 Å². The molecule has 0 radical (unpaired) electrons. The van der Waals surface area contributed by atoms with Gasteiger partial charge in [-0.05, 0) is 6.08 Å². The van der Waals surface area contributed by atoms with Gasteiger partial charge in [0.05, 0.1) is 6.35 Å². The monoisotopic (exact) mass is 221 g/mol. The van der Waals surface area contributed by atoms with E-state index in [9.17, 15) is 14.2 Å². The molecule has 0 aliphatic carbocycles. The fourth-order valence-electron chi connectivity index (χ4n) is 0.662. The van der Waals surface area contributed by atoms with Crippen molar-refractivity contribution < 1.29 is 24.4 Å². The second kappa shape index (κ2) is 6.34. The van der Waals surface area contributed by atoms with Crippen LogP contribution in [0.15, 0.2) is 11.8 Å². The number of carboxylic acid groups (broad SMARTS) is 1. The largest absolute Gasteiger partial charge is 0.477 e. The van der Waals surface area contributed by atoms with E-state index in [-0.39, 0.29) is 11.9 Å². The van der Waals surface area contributed by atoms with Gasteiger partial charge in [0, 0.05) is 13.1 Å². The van der Waals surface area contributed by atoms with Crippen molar-refractivity contribution in [1.29, 1.82) is 0 Å². The predicted octanol–water partition coefficient (Wildman–Crippen LogP) is -0.400. The summed E-state index contributed by atoms with van der Waals surface area (Å²) >= 11 is 0. The SMILES string of the molecule is CC(=O)NC(=CC[PH](=O)CO)C(=O)O. The molecule has 6 nitrogen and oxygen atoms in total. The quantitative estimate of drug-likeness (QED) is 0.433. The van der Waals surface area contributed by atoms with Crippen LogP contribution >= 0.6 is 7.80 Å². The summed E-state index contributed by atoms with van der Waals surface area (Å²) < 4.78 is 10.8. The summed E-state index contributed by atoms with van der Waals surface area (Å²) in [4.78, 5) is 21.0. The highest BCUT2D eigenvalue weighted by atomic mass is 31.1. The molecular weight excluding hydrogens is 209 g/mol. The molecule has 7 heteroatoms. The smallest absolute Gasteiger partial charge is 0.352 e. The summed E-state index contributed by atoms with van der Waals surface area (Å²) in [7, 11) is -2.18. The lowest BCUT2D eigenvalue weighted by molar-refractivity contribution is -0.134. The van der Waals surface area contributed by atoms with Crippen LogP contribution < -0.4 is 5.32 Å². The fourth-order valence-corrected chi connectivity index (χ4v) is 1.22. The highest BCUT2D eigenvalue weighted by Crippen LogP contribution is 2.17. The molecule has 0 rings (SSSR count). The van der Waals surface area contributed by atoms with E-state index >= 15 is 0 Å². The molecule has 0 saturated carbocycles. The molecule has 1 amide bonds. The average Bonchev–Trinajstić information content (AvgIpc) is 2.10. The molecule has 0 aromatic rings. The first-order chi connectivity index (χ1) is 6.47. The Kier molecular flexibility index (Phi) is 5.83. The Hall–Kier alpha value is -1.13. The van der Waals surface area contributed by atoms with Gasteiger partial charge in [0.25, 0.3) is 0 Å². The van der Waals surface area contributed by atoms with E-state index in [1.54, 1.807) is 0 Å². The second-order valence-electron chi connectivity index (χ2n) is 2.51. The van der Waals surface area contributed by atoms with E-state index < -0.39 is 26.0 Å². The Morgan fingerprint density at radius 2 is 2.07 bits per heavy atom. The van der Waals surface area contributed by atoms with Crippen molar-refractivity contribution in [3.63, 3.8) is 0 Å². The number of hydrogen-bond donors (Lipinski definition) is 3. The minimum absolute atomic E-state index is 0.0386. The van der Waals surface area contributed by atoms with Gasteiger partial charge in [0.1, 0.15) is 13.5 Å². The van der Waals surface area contributed by atoms with Gasteiger partial charge < -0.3 is 20.1 Å². The lowest BCUT2D eigenvalue weighted by Crippen LogP contribution is -2.24. The van der Waals surface area contributed by atoms with Crippen LogP contribution in [0.4, 0.5) is 0 Å². The third-order valence-electron chi connectivity index (χ3n) is 1.25. The molecule has 0 spiro atoms. The van der Waals surface area contributed by atoms with Gasteiger partial charge in [-0.3, -0.25) is 4.79 Å². The maximum atomic E-state index is 10.8. The third-order valence-corrected chi connectivity index (χ3v) is 2.26. The van der Waals surface area contributed by atoms with E-state index in [1.807, 2.05) is 0 Å². The van der Waals surface area contributed by atoms with Gasteiger partial charge in [0.15, 0.2) is 0 Å². The normalized spacial score (nSPS) is 13.4. The zero-order valence-corrected chi connectivity index (χ0v) is 8.61. The summed E-state index contributed by atoms with van der Waals surface area (Å²) in [5.41, 5.74) is -0.315. The topological polar surface area (TPSA) is 104 Å². The zero-order valence-electron chi connectivity index (χ0n) is 7.61. The van der Waals surface area contributed by atoms with Crippen LogP contribution in [-0.2, 0) is 14.2 Å². The Morgan fingerprint density at radius 3 is 2.43 bits per heavy atom. The van der Waals surface area contributed by atoms with Crippen molar-refractivity contribution in [1.82, 2.24) is 5.32 Å². The second-order valence-corrected chi connectivity index (χ2v) is 4.31. The van der Waals surface area contributed by atoms with Gasteiger partial charge in [-0.25, -0.2) is 4.79 Å². The molecule has 80 valence electrons. The van der Waals surface area contributed by atoms with E-state index in [0.29, 0.717) is 0 Å². The van der Waals surface area contributed by atoms with Crippen LogP contribution in [0.1, 0.15) is 6.92 Å². The first-order valence-electron chi connectivity index (χ1n) is 3.81. The molecule has 14 heavy (non-hydrogen) atoms. The molecule has 0 heterocycles. The molecule has 3 N–H and O–H groups in total. The molecule has 0 aliphatic heterocycles. The Bertz CT molecular complexity index is 286. The molecule has 1 unspecified atom stereocenters. The zero-order chi connectivity index (χ0) is 11.1. The first kappa shape index (κ1) is 12.9. The van der Waals surface area contributed by atoms with Crippen molar-refractivity contribution >= 4 is 19.7 Å². The summed E-state index contributed by atoms with van der Waals surface area (Å²) in [6, 6.07) is 0. The first-order valence-corrected chi connectivity index (χ1v) is 5.63. The standard InChI is InChI=1S/C7H12NO5P/c1-5(10)8-6(7(11)12)2-3-14(13)4-9/h2,9,14H,3-4H2,1H3,(H,8,10)(H,11,12). The van der Waals surface area contributed by atoms with Gasteiger partial charge in [0.2, 0.25) is 5.91 Å². The van der Waals surface area contributed by atoms with Crippen LogP contribution in [0.5, 0.6) is 0 Å². The van der Waals surface area contributed by atoms with Crippen LogP contribution in [0.3, 0.4) is 0 Å². The average molecular weight is 221 g/mol. The number of allylic oxidation sites excluding steroid dienone is 1. The number of rotatable bonds is 5.